The highest BCUT2D eigenvalue weighted by Gasteiger charge is 2.00. The lowest BCUT2D eigenvalue weighted by Crippen LogP contribution is -2.29. The van der Waals surface area contributed by atoms with E-state index < -0.39 is 18.7 Å². The maximum absolute atomic E-state index is 11.5. The highest BCUT2D eigenvalue weighted by molar-refractivity contribution is 5.81. The minimum absolute atomic E-state index is 0.0234. The molecule has 1 amide bonds. The predicted molar refractivity (Wildman–Crippen MR) is 46.5 cm³/mol. The molecule has 0 saturated carbocycles. The van der Waals surface area contributed by atoms with Crippen LogP contribution < -0.4 is 5.32 Å². The molecule has 0 aliphatic rings. The zero-order chi connectivity index (χ0) is 10.8. The minimum Gasteiger partial charge on any atom is -0.461 e. The Kier molecular flexibility index (Phi) is 7.12. The Labute approximate surface area is 80.9 Å². The Morgan fingerprint density at radius 2 is 2.07 bits per heavy atom. The van der Waals surface area contributed by atoms with Crippen LogP contribution in [0.3, 0.4) is 0 Å². The number of ether oxygens (including phenoxy) is 2. The first-order valence-electron chi connectivity index (χ1n) is 3.96. The number of rotatable bonds is 6. The first-order valence-corrected chi connectivity index (χ1v) is 3.96. The van der Waals surface area contributed by atoms with E-state index >= 15 is 0 Å². The second kappa shape index (κ2) is 8.03. The van der Waals surface area contributed by atoms with Gasteiger partial charge in [0.15, 0.2) is 0 Å². The number of alkyl halides is 1. The second-order valence-electron chi connectivity index (χ2n) is 2.12. The molecule has 0 heterocycles. The lowest BCUT2D eigenvalue weighted by molar-refractivity contribution is -0.137. The van der Waals surface area contributed by atoms with Crippen LogP contribution in [0.1, 0.15) is 0 Å². The zero-order valence-corrected chi connectivity index (χ0v) is 7.62. The molecule has 5 nitrogen and oxygen atoms in total. The number of hydrogen-bond donors (Lipinski definition) is 1. The molecule has 0 aliphatic heterocycles. The van der Waals surface area contributed by atoms with Crippen LogP contribution >= 0.6 is 0 Å². The van der Waals surface area contributed by atoms with Crippen LogP contribution in [-0.4, -0.2) is 38.5 Å². The minimum atomic E-state index is -0.739. The standard InChI is InChI=1S/C8H12FNO4/c1-2-7(11)13-6-4-10-8(12)14-5-3-9/h2H,1,3-6H2,(H,10,12). The van der Waals surface area contributed by atoms with Crippen molar-refractivity contribution in [2.24, 2.45) is 0 Å². The van der Waals surface area contributed by atoms with Crippen molar-refractivity contribution in [2.45, 2.75) is 0 Å². The Morgan fingerprint density at radius 1 is 1.36 bits per heavy atom. The molecule has 0 fully saturated rings. The molecule has 80 valence electrons. The van der Waals surface area contributed by atoms with Crippen LogP contribution in [0.4, 0.5) is 9.18 Å². The highest BCUT2D eigenvalue weighted by Crippen LogP contribution is 1.80. The van der Waals surface area contributed by atoms with E-state index in [1.54, 1.807) is 0 Å². The van der Waals surface area contributed by atoms with Crippen molar-refractivity contribution in [3.8, 4) is 0 Å². The van der Waals surface area contributed by atoms with Crippen molar-refractivity contribution in [1.82, 2.24) is 5.32 Å². The second-order valence-corrected chi connectivity index (χ2v) is 2.12. The van der Waals surface area contributed by atoms with E-state index in [0.717, 1.165) is 6.08 Å². The first-order chi connectivity index (χ1) is 6.70. The summed E-state index contributed by atoms with van der Waals surface area (Å²) in [7, 11) is 0. The van der Waals surface area contributed by atoms with E-state index in [4.69, 9.17) is 0 Å². The molecule has 0 bridgehead atoms. The van der Waals surface area contributed by atoms with Crippen molar-refractivity contribution in [3.05, 3.63) is 12.7 Å². The van der Waals surface area contributed by atoms with Crippen LogP contribution in [-0.2, 0) is 14.3 Å². The molecule has 0 aromatic heterocycles. The fourth-order valence-corrected chi connectivity index (χ4v) is 0.546. The fraction of sp³-hybridized carbons (Fsp3) is 0.500. The lowest BCUT2D eigenvalue weighted by Gasteiger charge is -2.05. The van der Waals surface area contributed by atoms with E-state index in [1.165, 1.54) is 0 Å². The van der Waals surface area contributed by atoms with Gasteiger partial charge in [-0.25, -0.2) is 14.0 Å². The van der Waals surface area contributed by atoms with E-state index in [9.17, 15) is 14.0 Å². The molecule has 0 radical (unpaired) electrons. The topological polar surface area (TPSA) is 64.6 Å². The molecule has 0 rings (SSSR count). The fourth-order valence-electron chi connectivity index (χ4n) is 0.546. The van der Waals surface area contributed by atoms with Gasteiger partial charge < -0.3 is 14.8 Å². The molecule has 0 spiro atoms. The van der Waals surface area contributed by atoms with E-state index in [-0.39, 0.29) is 19.8 Å². The van der Waals surface area contributed by atoms with Crippen molar-refractivity contribution in [1.29, 1.82) is 0 Å². The lowest BCUT2D eigenvalue weighted by atomic mass is 10.6. The van der Waals surface area contributed by atoms with Crippen LogP contribution in [0, 0.1) is 0 Å². The summed E-state index contributed by atoms with van der Waals surface area (Å²) >= 11 is 0. The average molecular weight is 205 g/mol. The predicted octanol–water partition coefficient (Wildman–Crippen LogP) is 0.411. The molecule has 0 unspecified atom stereocenters. The number of carbonyl (C=O) groups is 2. The smallest absolute Gasteiger partial charge is 0.407 e. The maximum atomic E-state index is 11.5. The quantitative estimate of drug-likeness (QED) is 0.387. The number of amides is 1. The summed E-state index contributed by atoms with van der Waals surface area (Å²) in [5.41, 5.74) is 0. The van der Waals surface area contributed by atoms with Crippen molar-refractivity contribution in [2.75, 3.05) is 26.4 Å². The maximum Gasteiger partial charge on any atom is 0.407 e. The molecule has 14 heavy (non-hydrogen) atoms. The molecule has 0 aromatic rings. The molecule has 6 heteroatoms. The van der Waals surface area contributed by atoms with E-state index in [2.05, 4.69) is 21.4 Å². The van der Waals surface area contributed by atoms with Crippen molar-refractivity contribution >= 4 is 12.1 Å². The number of halogens is 1. The molecule has 0 aromatic carbocycles. The van der Waals surface area contributed by atoms with E-state index in [0.29, 0.717) is 0 Å². The normalized spacial score (nSPS) is 8.93. The summed E-state index contributed by atoms with van der Waals surface area (Å²) in [6.07, 6.45) is 0.277. The van der Waals surface area contributed by atoms with Gasteiger partial charge in [-0.1, -0.05) is 6.58 Å². The number of alkyl carbamates (subject to hydrolysis) is 1. The summed E-state index contributed by atoms with van der Waals surface area (Å²) < 4.78 is 20.4. The van der Waals surface area contributed by atoms with Gasteiger partial charge in [0.25, 0.3) is 0 Å². The number of carbonyl (C=O) groups excluding carboxylic acids is 2. The first kappa shape index (κ1) is 12.4. The Bertz CT molecular complexity index is 208. The van der Waals surface area contributed by atoms with Crippen molar-refractivity contribution in [3.63, 3.8) is 0 Å². The third-order valence-corrected chi connectivity index (χ3v) is 1.09. The zero-order valence-electron chi connectivity index (χ0n) is 7.62. The Morgan fingerprint density at radius 3 is 2.64 bits per heavy atom. The van der Waals surface area contributed by atoms with Gasteiger partial charge >= 0.3 is 12.1 Å². The summed E-state index contributed by atoms with van der Waals surface area (Å²) in [5, 5.41) is 2.26. The van der Waals surface area contributed by atoms with Gasteiger partial charge in [-0.3, -0.25) is 0 Å². The Hall–Kier alpha value is -1.59. The molecule has 0 aliphatic carbocycles. The van der Waals surface area contributed by atoms with Crippen molar-refractivity contribution < 1.29 is 23.5 Å². The van der Waals surface area contributed by atoms with Gasteiger partial charge in [-0.15, -0.1) is 0 Å². The Balaban J connectivity index is 3.31. The average Bonchev–Trinajstić information content (AvgIpc) is 2.21. The van der Waals surface area contributed by atoms with Crippen LogP contribution in [0.15, 0.2) is 12.7 Å². The third kappa shape index (κ3) is 7.08. The summed E-state index contributed by atoms with van der Waals surface area (Å²) in [6, 6.07) is 0. The highest BCUT2D eigenvalue weighted by atomic mass is 19.1. The SMILES string of the molecule is C=CC(=O)OCCNC(=O)OCCF. The van der Waals surface area contributed by atoms with Gasteiger partial charge in [0.1, 0.15) is 19.9 Å². The van der Waals surface area contributed by atoms with Gasteiger partial charge in [0, 0.05) is 6.08 Å². The number of nitrogens with one attached hydrogen (secondary N) is 1. The summed E-state index contributed by atoms with van der Waals surface area (Å²) in [5.74, 6) is -0.566. The number of hydrogen-bond acceptors (Lipinski definition) is 4. The van der Waals surface area contributed by atoms with Crippen LogP contribution in [0.5, 0.6) is 0 Å². The number of esters is 1. The molecule has 1 N–H and O–H groups in total. The third-order valence-electron chi connectivity index (χ3n) is 1.09. The van der Waals surface area contributed by atoms with Crippen LogP contribution in [0.2, 0.25) is 0 Å². The van der Waals surface area contributed by atoms with Crippen LogP contribution in [0.25, 0.3) is 0 Å². The molecular weight excluding hydrogens is 193 g/mol. The van der Waals surface area contributed by atoms with Gasteiger partial charge in [-0.2, -0.15) is 0 Å². The van der Waals surface area contributed by atoms with Gasteiger partial charge in [0.05, 0.1) is 6.54 Å². The van der Waals surface area contributed by atoms with Gasteiger partial charge in [-0.05, 0) is 0 Å². The monoisotopic (exact) mass is 205 g/mol. The molecular formula is C8H12FNO4. The molecule has 0 atom stereocenters. The summed E-state index contributed by atoms with van der Waals surface area (Å²) in [6.45, 7) is 2.32. The van der Waals surface area contributed by atoms with E-state index in [1.807, 2.05) is 0 Å². The largest absolute Gasteiger partial charge is 0.461 e. The summed E-state index contributed by atoms with van der Waals surface area (Å²) in [4.78, 5) is 21.2. The molecule has 0 saturated heterocycles. The van der Waals surface area contributed by atoms with Gasteiger partial charge in [0.2, 0.25) is 0 Å².